The zero-order valence-corrected chi connectivity index (χ0v) is 13.7. The molecule has 2 aromatic rings. The third kappa shape index (κ3) is 4.43. The normalized spacial score (nSPS) is 11.7. The molecule has 1 aromatic carbocycles. The predicted octanol–water partition coefficient (Wildman–Crippen LogP) is 2.19. The summed E-state index contributed by atoms with van der Waals surface area (Å²) in [4.78, 5) is 14.4. The number of para-hydroxylation sites is 1. The second kappa shape index (κ2) is 6.75. The van der Waals surface area contributed by atoms with Crippen molar-refractivity contribution in [2.45, 2.75) is 13.8 Å². The van der Waals surface area contributed by atoms with Gasteiger partial charge in [-0.3, -0.25) is 4.79 Å². The Kier molecular flexibility index (Phi) is 4.98. The molecule has 0 radical (unpaired) electrons. The Bertz CT molecular complexity index is 617. The number of hydrogen-bond donors (Lipinski definition) is 1. The number of nitrogens with one attached hydrogen (secondary N) is 1. The molecule has 0 bridgehead atoms. The van der Waals surface area contributed by atoms with Crippen molar-refractivity contribution in [2.75, 3.05) is 27.2 Å². The molecule has 22 heavy (non-hydrogen) atoms. The Morgan fingerprint density at radius 3 is 2.59 bits per heavy atom. The molecule has 0 aliphatic carbocycles. The fourth-order valence-corrected chi connectivity index (χ4v) is 2.50. The molecule has 2 rings (SSSR count). The van der Waals surface area contributed by atoms with E-state index in [1.807, 2.05) is 44.4 Å². The fraction of sp³-hybridized carbons (Fsp3) is 0.412. The van der Waals surface area contributed by atoms with Gasteiger partial charge in [0.25, 0.3) is 5.91 Å². The summed E-state index contributed by atoms with van der Waals surface area (Å²) >= 11 is 0. The summed E-state index contributed by atoms with van der Waals surface area (Å²) < 4.78 is 1.71. The van der Waals surface area contributed by atoms with Gasteiger partial charge in [-0.25, -0.2) is 4.68 Å². The molecule has 0 unspecified atom stereocenters. The Hall–Kier alpha value is -2.14. The SMILES string of the molecule is CN(C)CC(C)(C)CNC(=O)c1cnn(-c2ccccc2)c1. The van der Waals surface area contributed by atoms with Crippen LogP contribution in [0.25, 0.3) is 5.69 Å². The highest BCUT2D eigenvalue weighted by molar-refractivity contribution is 5.93. The Morgan fingerprint density at radius 2 is 1.95 bits per heavy atom. The van der Waals surface area contributed by atoms with Crippen molar-refractivity contribution in [3.8, 4) is 5.69 Å². The van der Waals surface area contributed by atoms with Gasteiger partial charge in [-0.2, -0.15) is 5.10 Å². The Morgan fingerprint density at radius 1 is 1.27 bits per heavy atom. The molecule has 5 nitrogen and oxygen atoms in total. The van der Waals surface area contributed by atoms with Crippen LogP contribution in [-0.2, 0) is 0 Å². The largest absolute Gasteiger partial charge is 0.351 e. The lowest BCUT2D eigenvalue weighted by Crippen LogP contribution is -2.39. The molecule has 1 heterocycles. The summed E-state index contributed by atoms with van der Waals surface area (Å²) in [6.07, 6.45) is 3.35. The van der Waals surface area contributed by atoms with Crippen LogP contribution < -0.4 is 5.32 Å². The first-order valence-electron chi connectivity index (χ1n) is 7.40. The standard InChI is InChI=1S/C17H24N4O/c1-17(2,13-20(3)4)12-18-16(22)14-10-19-21(11-14)15-8-6-5-7-9-15/h5-11H,12-13H2,1-4H3,(H,18,22). The lowest BCUT2D eigenvalue weighted by Gasteiger charge is -2.28. The van der Waals surface area contributed by atoms with Crippen molar-refractivity contribution in [2.24, 2.45) is 5.41 Å². The number of carbonyl (C=O) groups is 1. The lowest BCUT2D eigenvalue weighted by atomic mass is 9.93. The van der Waals surface area contributed by atoms with E-state index in [2.05, 4.69) is 29.2 Å². The van der Waals surface area contributed by atoms with Crippen molar-refractivity contribution >= 4 is 5.91 Å². The number of carbonyl (C=O) groups excluding carboxylic acids is 1. The quantitative estimate of drug-likeness (QED) is 0.889. The molecule has 0 aliphatic rings. The summed E-state index contributed by atoms with van der Waals surface area (Å²) in [6.45, 7) is 5.82. The lowest BCUT2D eigenvalue weighted by molar-refractivity contribution is 0.0929. The average molecular weight is 300 g/mol. The van der Waals surface area contributed by atoms with E-state index in [-0.39, 0.29) is 11.3 Å². The maximum atomic E-state index is 12.2. The minimum Gasteiger partial charge on any atom is -0.351 e. The van der Waals surface area contributed by atoms with Crippen LogP contribution in [0, 0.1) is 5.41 Å². The predicted molar refractivity (Wildman–Crippen MR) is 88.2 cm³/mol. The average Bonchev–Trinajstić information content (AvgIpc) is 2.94. The summed E-state index contributed by atoms with van der Waals surface area (Å²) in [7, 11) is 4.07. The Balaban J connectivity index is 1.98. The number of rotatable bonds is 6. The third-order valence-corrected chi connectivity index (χ3v) is 3.34. The summed E-state index contributed by atoms with van der Waals surface area (Å²) in [6, 6.07) is 9.75. The van der Waals surface area contributed by atoms with Crippen LogP contribution in [-0.4, -0.2) is 47.8 Å². The van der Waals surface area contributed by atoms with Crippen molar-refractivity contribution in [3.63, 3.8) is 0 Å². The van der Waals surface area contributed by atoms with Gasteiger partial charge in [0.2, 0.25) is 0 Å². The van der Waals surface area contributed by atoms with Gasteiger partial charge in [-0.1, -0.05) is 32.0 Å². The monoisotopic (exact) mass is 300 g/mol. The van der Waals surface area contributed by atoms with E-state index in [4.69, 9.17) is 0 Å². The molecule has 118 valence electrons. The second-order valence-corrected chi connectivity index (χ2v) is 6.59. The van der Waals surface area contributed by atoms with Crippen LogP contribution in [0.5, 0.6) is 0 Å². The van der Waals surface area contributed by atoms with Gasteiger partial charge in [0.15, 0.2) is 0 Å². The van der Waals surface area contributed by atoms with E-state index in [9.17, 15) is 4.79 Å². The van der Waals surface area contributed by atoms with Gasteiger partial charge < -0.3 is 10.2 Å². The summed E-state index contributed by atoms with van der Waals surface area (Å²) in [5.41, 5.74) is 1.54. The van der Waals surface area contributed by atoms with E-state index in [0.717, 1.165) is 12.2 Å². The van der Waals surface area contributed by atoms with Gasteiger partial charge in [-0.05, 0) is 31.6 Å². The first-order chi connectivity index (χ1) is 10.4. The first-order valence-corrected chi connectivity index (χ1v) is 7.40. The van der Waals surface area contributed by atoms with Gasteiger partial charge in [0.05, 0.1) is 17.4 Å². The highest BCUT2D eigenvalue weighted by Crippen LogP contribution is 2.14. The van der Waals surface area contributed by atoms with E-state index in [1.165, 1.54) is 0 Å². The maximum absolute atomic E-state index is 12.2. The molecule has 0 aliphatic heterocycles. The molecule has 1 aromatic heterocycles. The van der Waals surface area contributed by atoms with Crippen molar-refractivity contribution in [1.29, 1.82) is 0 Å². The number of hydrogen-bond acceptors (Lipinski definition) is 3. The van der Waals surface area contributed by atoms with Gasteiger partial charge in [-0.15, -0.1) is 0 Å². The van der Waals surface area contributed by atoms with Crippen LogP contribution in [0.1, 0.15) is 24.2 Å². The second-order valence-electron chi connectivity index (χ2n) is 6.59. The minimum absolute atomic E-state index is 0.0224. The highest BCUT2D eigenvalue weighted by Gasteiger charge is 2.20. The highest BCUT2D eigenvalue weighted by atomic mass is 16.1. The molecular formula is C17H24N4O. The van der Waals surface area contributed by atoms with Gasteiger partial charge in [0, 0.05) is 19.3 Å². The van der Waals surface area contributed by atoms with Crippen molar-refractivity contribution in [3.05, 3.63) is 48.3 Å². The minimum atomic E-state index is -0.0889. The van der Waals surface area contributed by atoms with E-state index < -0.39 is 0 Å². The van der Waals surface area contributed by atoms with E-state index >= 15 is 0 Å². The number of nitrogens with zero attached hydrogens (tertiary/aromatic N) is 3. The first kappa shape index (κ1) is 16.2. The van der Waals surface area contributed by atoms with Crippen LogP contribution in [0.15, 0.2) is 42.7 Å². The van der Waals surface area contributed by atoms with Crippen molar-refractivity contribution in [1.82, 2.24) is 20.0 Å². The molecule has 0 fully saturated rings. The van der Waals surface area contributed by atoms with Crippen LogP contribution in [0.3, 0.4) is 0 Å². The summed E-state index contributed by atoms with van der Waals surface area (Å²) in [5.74, 6) is -0.0889. The van der Waals surface area contributed by atoms with Crippen molar-refractivity contribution < 1.29 is 4.79 Å². The van der Waals surface area contributed by atoms with E-state index in [1.54, 1.807) is 17.1 Å². The van der Waals surface area contributed by atoms with Gasteiger partial charge >= 0.3 is 0 Å². The molecule has 1 amide bonds. The van der Waals surface area contributed by atoms with E-state index in [0.29, 0.717) is 12.1 Å². The van der Waals surface area contributed by atoms with Crippen LogP contribution >= 0.6 is 0 Å². The number of benzene rings is 1. The number of amides is 1. The molecule has 0 spiro atoms. The molecule has 1 N–H and O–H groups in total. The topological polar surface area (TPSA) is 50.2 Å². The zero-order valence-electron chi connectivity index (χ0n) is 13.7. The summed E-state index contributed by atoms with van der Waals surface area (Å²) in [5, 5.41) is 7.24. The maximum Gasteiger partial charge on any atom is 0.254 e. The van der Waals surface area contributed by atoms with Crippen LogP contribution in [0.4, 0.5) is 0 Å². The fourth-order valence-electron chi connectivity index (χ4n) is 2.50. The molecule has 0 saturated heterocycles. The van der Waals surface area contributed by atoms with Gasteiger partial charge in [0.1, 0.15) is 0 Å². The molecule has 5 heteroatoms. The number of aromatic nitrogens is 2. The Labute approximate surface area is 131 Å². The molecule has 0 saturated carbocycles. The smallest absolute Gasteiger partial charge is 0.254 e. The third-order valence-electron chi connectivity index (χ3n) is 3.34. The van der Waals surface area contributed by atoms with Crippen LogP contribution in [0.2, 0.25) is 0 Å². The molecule has 0 atom stereocenters. The molecular weight excluding hydrogens is 276 g/mol. The zero-order chi connectivity index (χ0) is 16.2.